The van der Waals surface area contributed by atoms with Gasteiger partial charge in [0.05, 0.1) is 17.6 Å². The molecule has 170 valence electrons. The molecule has 1 amide bonds. The monoisotopic (exact) mass is 450 g/mol. The van der Waals surface area contributed by atoms with Gasteiger partial charge in [-0.1, -0.05) is 29.8 Å². The molecular formula is C24H24F2N6O. The van der Waals surface area contributed by atoms with Crippen LogP contribution in [0.25, 0.3) is 11.0 Å². The Balaban J connectivity index is 1.33. The van der Waals surface area contributed by atoms with Gasteiger partial charge in [0, 0.05) is 29.4 Å². The first-order valence-corrected chi connectivity index (χ1v) is 10.9. The third-order valence-electron chi connectivity index (χ3n) is 5.83. The molecule has 1 fully saturated rings. The molecule has 1 saturated carbocycles. The Hall–Kier alpha value is -3.62. The fourth-order valence-corrected chi connectivity index (χ4v) is 3.99. The van der Waals surface area contributed by atoms with Gasteiger partial charge in [0.25, 0.3) is 6.43 Å². The molecule has 0 aliphatic heterocycles. The maximum absolute atomic E-state index is 13.7. The summed E-state index contributed by atoms with van der Waals surface area (Å²) in [5, 5.41) is 11.8. The van der Waals surface area contributed by atoms with Gasteiger partial charge in [-0.15, -0.1) is 0 Å². The number of hydrogen-bond donors (Lipinski definition) is 1. The summed E-state index contributed by atoms with van der Waals surface area (Å²) in [5.41, 5.74) is 3.63. The number of pyridine rings is 1. The number of fused-ring (bicyclic) bond motifs is 1. The number of nitrogens with one attached hydrogen (secondary N) is 1. The summed E-state index contributed by atoms with van der Waals surface area (Å²) in [6, 6.07) is 11.4. The molecule has 3 heterocycles. The Morgan fingerprint density at radius 2 is 1.91 bits per heavy atom. The first kappa shape index (κ1) is 21.2. The van der Waals surface area contributed by atoms with E-state index < -0.39 is 6.43 Å². The van der Waals surface area contributed by atoms with Gasteiger partial charge < -0.3 is 5.32 Å². The smallest absolute Gasteiger partial charge is 0.264 e. The highest BCUT2D eigenvalue weighted by molar-refractivity contribution is 5.91. The maximum Gasteiger partial charge on any atom is 0.264 e. The van der Waals surface area contributed by atoms with E-state index in [1.165, 1.54) is 16.3 Å². The summed E-state index contributed by atoms with van der Waals surface area (Å²) < 4.78 is 30.6. The van der Waals surface area contributed by atoms with Crippen molar-refractivity contribution in [2.75, 3.05) is 5.32 Å². The van der Waals surface area contributed by atoms with E-state index in [0.29, 0.717) is 34.8 Å². The van der Waals surface area contributed by atoms with Crippen molar-refractivity contribution in [2.24, 2.45) is 0 Å². The molecule has 33 heavy (non-hydrogen) atoms. The SMILES string of the molecule is Cc1ccc(Cn2ccc(NC(=O)Cn3nc(C)c4c(C(F)F)cc(C5CC5)nc43)n2)cc1. The number of amides is 1. The summed E-state index contributed by atoms with van der Waals surface area (Å²) in [7, 11) is 0. The van der Waals surface area contributed by atoms with Crippen LogP contribution in [0, 0.1) is 13.8 Å². The summed E-state index contributed by atoms with van der Waals surface area (Å²) in [6.07, 6.45) is 1.05. The van der Waals surface area contributed by atoms with Gasteiger partial charge in [-0.3, -0.25) is 9.48 Å². The summed E-state index contributed by atoms with van der Waals surface area (Å²) in [6.45, 7) is 4.14. The predicted molar refractivity (Wildman–Crippen MR) is 120 cm³/mol. The highest BCUT2D eigenvalue weighted by Gasteiger charge is 2.29. The first-order chi connectivity index (χ1) is 15.9. The zero-order valence-electron chi connectivity index (χ0n) is 18.4. The van der Waals surface area contributed by atoms with Gasteiger partial charge in [-0.05, 0) is 38.3 Å². The van der Waals surface area contributed by atoms with Crippen molar-refractivity contribution < 1.29 is 13.6 Å². The van der Waals surface area contributed by atoms with Crippen LogP contribution in [-0.2, 0) is 17.9 Å². The normalized spacial score (nSPS) is 13.7. The van der Waals surface area contributed by atoms with Crippen LogP contribution in [0.3, 0.4) is 0 Å². The van der Waals surface area contributed by atoms with Gasteiger partial charge in [-0.2, -0.15) is 10.2 Å². The quantitative estimate of drug-likeness (QED) is 0.441. The Morgan fingerprint density at radius 1 is 1.15 bits per heavy atom. The summed E-state index contributed by atoms with van der Waals surface area (Å²) in [4.78, 5) is 17.3. The number of aryl methyl sites for hydroxylation is 2. The Kier molecular flexibility index (Phi) is 5.39. The molecule has 9 heteroatoms. The van der Waals surface area contributed by atoms with E-state index in [1.54, 1.807) is 23.9 Å². The van der Waals surface area contributed by atoms with E-state index in [9.17, 15) is 13.6 Å². The van der Waals surface area contributed by atoms with E-state index in [4.69, 9.17) is 0 Å². The standard InChI is InChI=1S/C24H24F2N6O/c1-14-3-5-16(6-4-14)12-31-10-9-20(30-31)28-21(33)13-32-24-22(15(2)29-32)18(23(25)26)11-19(27-24)17-7-8-17/h3-6,9-11,17,23H,7-8,12-13H2,1-2H3,(H,28,30,33). The number of nitrogens with zero attached hydrogens (tertiary/aromatic N) is 5. The van der Waals surface area contributed by atoms with Gasteiger partial charge in [-0.25, -0.2) is 18.4 Å². The molecule has 1 N–H and O–H groups in total. The van der Waals surface area contributed by atoms with Gasteiger partial charge in [0.15, 0.2) is 11.5 Å². The minimum Gasteiger partial charge on any atom is -0.308 e. The number of benzene rings is 1. The Bertz CT molecular complexity index is 1320. The van der Waals surface area contributed by atoms with E-state index >= 15 is 0 Å². The Morgan fingerprint density at radius 3 is 2.61 bits per heavy atom. The van der Waals surface area contributed by atoms with E-state index in [2.05, 4.69) is 20.5 Å². The highest BCUT2D eigenvalue weighted by atomic mass is 19.3. The molecule has 1 aliphatic rings. The lowest BCUT2D eigenvalue weighted by Gasteiger charge is -2.08. The number of alkyl halides is 2. The number of rotatable bonds is 7. The van der Waals surface area contributed by atoms with Crippen LogP contribution >= 0.6 is 0 Å². The third-order valence-corrected chi connectivity index (χ3v) is 5.83. The predicted octanol–water partition coefficient (Wildman–Crippen LogP) is 4.75. The fourth-order valence-electron chi connectivity index (χ4n) is 3.99. The van der Waals surface area contributed by atoms with E-state index in [1.807, 2.05) is 31.2 Å². The molecule has 0 radical (unpaired) electrons. The molecule has 0 saturated heterocycles. The highest BCUT2D eigenvalue weighted by Crippen LogP contribution is 2.41. The fraction of sp³-hybridized carbons (Fsp3) is 0.333. The summed E-state index contributed by atoms with van der Waals surface area (Å²) >= 11 is 0. The van der Waals surface area contributed by atoms with Crippen LogP contribution in [0.5, 0.6) is 0 Å². The van der Waals surface area contributed by atoms with Crippen molar-refractivity contribution in [1.29, 1.82) is 0 Å². The van der Waals surface area contributed by atoms with Crippen LogP contribution in [0.4, 0.5) is 14.6 Å². The lowest BCUT2D eigenvalue weighted by Crippen LogP contribution is -2.20. The van der Waals surface area contributed by atoms with Crippen molar-refractivity contribution in [3.63, 3.8) is 0 Å². The van der Waals surface area contributed by atoms with Crippen LogP contribution in [0.2, 0.25) is 0 Å². The largest absolute Gasteiger partial charge is 0.308 e. The second-order valence-corrected chi connectivity index (χ2v) is 8.59. The van der Waals surface area contributed by atoms with Crippen molar-refractivity contribution in [2.45, 2.75) is 52.1 Å². The number of hydrogen-bond acceptors (Lipinski definition) is 4. The average Bonchev–Trinajstić information content (AvgIpc) is 3.47. The number of carbonyl (C=O) groups excluding carboxylic acids is 1. The molecule has 0 spiro atoms. The summed E-state index contributed by atoms with van der Waals surface area (Å²) in [5.74, 6) is 0.277. The first-order valence-electron chi connectivity index (χ1n) is 10.9. The molecular weight excluding hydrogens is 426 g/mol. The minimum atomic E-state index is -2.63. The second kappa shape index (κ2) is 8.38. The maximum atomic E-state index is 13.7. The number of aromatic nitrogens is 5. The molecule has 0 atom stereocenters. The lowest BCUT2D eigenvalue weighted by atomic mass is 10.1. The van der Waals surface area contributed by atoms with Crippen molar-refractivity contribution in [3.05, 3.63) is 70.7 Å². The number of halogens is 2. The lowest BCUT2D eigenvalue weighted by molar-refractivity contribution is -0.116. The van der Waals surface area contributed by atoms with Gasteiger partial charge >= 0.3 is 0 Å². The topological polar surface area (TPSA) is 77.6 Å². The van der Waals surface area contributed by atoms with Crippen LogP contribution in [-0.4, -0.2) is 30.5 Å². The van der Waals surface area contributed by atoms with Crippen LogP contribution in [0.15, 0.2) is 42.6 Å². The Labute approximate surface area is 189 Å². The molecule has 1 aliphatic carbocycles. The molecule has 0 unspecified atom stereocenters. The van der Waals surface area contributed by atoms with Crippen LogP contribution in [0.1, 0.15) is 53.3 Å². The molecule has 4 aromatic rings. The van der Waals surface area contributed by atoms with E-state index in [0.717, 1.165) is 18.4 Å². The zero-order valence-corrected chi connectivity index (χ0v) is 18.4. The number of anilines is 1. The average molecular weight is 450 g/mol. The van der Waals surface area contributed by atoms with Crippen LogP contribution < -0.4 is 5.32 Å². The minimum absolute atomic E-state index is 0.0686. The third kappa shape index (κ3) is 4.48. The molecule has 5 rings (SSSR count). The van der Waals surface area contributed by atoms with Crippen molar-refractivity contribution >= 4 is 22.8 Å². The number of carbonyl (C=O) groups is 1. The molecule has 1 aromatic carbocycles. The van der Waals surface area contributed by atoms with Crippen molar-refractivity contribution in [1.82, 2.24) is 24.5 Å². The van der Waals surface area contributed by atoms with Gasteiger partial charge in [0.1, 0.15) is 6.54 Å². The second-order valence-electron chi connectivity index (χ2n) is 8.59. The molecule has 7 nitrogen and oxygen atoms in total. The molecule has 0 bridgehead atoms. The van der Waals surface area contributed by atoms with Gasteiger partial charge in [0.2, 0.25) is 5.91 Å². The zero-order chi connectivity index (χ0) is 23.1. The van der Waals surface area contributed by atoms with Crippen molar-refractivity contribution in [3.8, 4) is 0 Å². The molecule has 3 aromatic heterocycles. The van der Waals surface area contributed by atoms with E-state index in [-0.39, 0.29) is 23.9 Å².